The molecule has 1 aromatic rings. The smallest absolute Gasteiger partial charge is 0.338 e. The second kappa shape index (κ2) is 10.4. The zero-order valence-corrected chi connectivity index (χ0v) is 13.8. The minimum atomic E-state index is -0.523. The summed E-state index contributed by atoms with van der Waals surface area (Å²) in [5.74, 6) is -0.588. The van der Waals surface area contributed by atoms with Gasteiger partial charge in [0.25, 0.3) is 0 Å². The molecule has 0 saturated heterocycles. The van der Waals surface area contributed by atoms with Gasteiger partial charge in [0.15, 0.2) is 0 Å². The lowest BCUT2D eigenvalue weighted by atomic mass is 10.1. The first-order chi connectivity index (χ1) is 11.1. The summed E-state index contributed by atoms with van der Waals surface area (Å²) >= 11 is 0. The van der Waals surface area contributed by atoms with E-state index in [0.717, 1.165) is 32.1 Å². The molecule has 5 heteroatoms. The topological polar surface area (TPSA) is 61.8 Å². The molecule has 1 rings (SSSR count). The highest BCUT2D eigenvalue weighted by atomic mass is 16.5. The van der Waals surface area contributed by atoms with E-state index in [2.05, 4.69) is 16.1 Å². The highest BCUT2D eigenvalue weighted by molar-refractivity contribution is 5.96. The average molecular weight is 320 g/mol. The second-order valence-electron chi connectivity index (χ2n) is 5.07. The maximum atomic E-state index is 11.7. The number of hydrogen-bond acceptors (Lipinski definition) is 5. The fraction of sp³-hybridized carbons (Fsp3) is 0.444. The first-order valence-corrected chi connectivity index (χ1v) is 7.67. The van der Waals surface area contributed by atoms with E-state index in [9.17, 15) is 9.59 Å². The van der Waals surface area contributed by atoms with E-state index in [4.69, 9.17) is 4.74 Å². The quantitative estimate of drug-likeness (QED) is 0.373. The van der Waals surface area contributed by atoms with Crippen molar-refractivity contribution in [2.24, 2.45) is 0 Å². The standard InChI is InChI=1S/C18H24O5/c1-4-5-6-7-8-9-10-23-16-12-14(17(19)21-2)11-15(13-16)18(20)22-3/h4,11-13H,1,5-10H2,2-3H3. The Morgan fingerprint density at radius 1 is 0.957 bits per heavy atom. The maximum absolute atomic E-state index is 11.7. The summed E-state index contributed by atoms with van der Waals surface area (Å²) in [6.07, 6.45) is 7.19. The van der Waals surface area contributed by atoms with Crippen molar-refractivity contribution in [2.45, 2.75) is 32.1 Å². The van der Waals surface area contributed by atoms with Gasteiger partial charge in [0.05, 0.1) is 32.0 Å². The number of carbonyl (C=O) groups excluding carboxylic acids is 2. The van der Waals surface area contributed by atoms with E-state index in [1.54, 1.807) is 12.1 Å². The molecule has 0 N–H and O–H groups in total. The van der Waals surface area contributed by atoms with Crippen LogP contribution in [-0.4, -0.2) is 32.8 Å². The van der Waals surface area contributed by atoms with E-state index in [-0.39, 0.29) is 11.1 Å². The fourth-order valence-electron chi connectivity index (χ4n) is 2.09. The van der Waals surface area contributed by atoms with Crippen LogP contribution in [0.2, 0.25) is 0 Å². The van der Waals surface area contributed by atoms with Crippen LogP contribution in [0.5, 0.6) is 5.75 Å². The molecule has 0 aromatic heterocycles. The van der Waals surface area contributed by atoms with Gasteiger partial charge in [-0.05, 0) is 37.5 Å². The van der Waals surface area contributed by atoms with Crippen molar-refractivity contribution >= 4 is 11.9 Å². The predicted octanol–water partition coefficient (Wildman–Crippen LogP) is 3.78. The number of rotatable bonds is 10. The third-order valence-electron chi connectivity index (χ3n) is 3.32. The Bertz CT molecular complexity index is 502. The summed E-state index contributed by atoms with van der Waals surface area (Å²) in [6, 6.07) is 4.56. The van der Waals surface area contributed by atoms with Gasteiger partial charge in [0.1, 0.15) is 5.75 Å². The number of hydrogen-bond donors (Lipinski definition) is 0. The van der Waals surface area contributed by atoms with Gasteiger partial charge < -0.3 is 14.2 Å². The van der Waals surface area contributed by atoms with Gasteiger partial charge in [-0.25, -0.2) is 9.59 Å². The van der Waals surface area contributed by atoms with Crippen LogP contribution in [0.25, 0.3) is 0 Å². The molecular formula is C18H24O5. The van der Waals surface area contributed by atoms with Gasteiger partial charge in [-0.1, -0.05) is 18.9 Å². The number of esters is 2. The van der Waals surface area contributed by atoms with Crippen LogP contribution in [0.4, 0.5) is 0 Å². The van der Waals surface area contributed by atoms with E-state index >= 15 is 0 Å². The molecule has 23 heavy (non-hydrogen) atoms. The minimum Gasteiger partial charge on any atom is -0.494 e. The lowest BCUT2D eigenvalue weighted by Crippen LogP contribution is -2.08. The Hall–Kier alpha value is -2.30. The Labute approximate surface area is 137 Å². The van der Waals surface area contributed by atoms with Gasteiger partial charge >= 0.3 is 11.9 Å². The molecule has 0 saturated carbocycles. The van der Waals surface area contributed by atoms with Crippen LogP contribution in [-0.2, 0) is 9.47 Å². The van der Waals surface area contributed by atoms with E-state index in [1.807, 2.05) is 6.08 Å². The number of methoxy groups -OCH3 is 2. The van der Waals surface area contributed by atoms with E-state index in [1.165, 1.54) is 20.3 Å². The van der Waals surface area contributed by atoms with Crippen LogP contribution in [0.15, 0.2) is 30.9 Å². The molecular weight excluding hydrogens is 296 g/mol. The average Bonchev–Trinajstić information content (AvgIpc) is 2.59. The summed E-state index contributed by atoms with van der Waals surface area (Å²) in [7, 11) is 2.58. The highest BCUT2D eigenvalue weighted by Crippen LogP contribution is 2.19. The normalized spacial score (nSPS) is 10.0. The van der Waals surface area contributed by atoms with E-state index in [0.29, 0.717) is 12.4 Å². The van der Waals surface area contributed by atoms with Crippen LogP contribution in [0.1, 0.15) is 52.8 Å². The van der Waals surface area contributed by atoms with Crippen LogP contribution in [0, 0.1) is 0 Å². The summed E-state index contributed by atoms with van der Waals surface area (Å²) in [4.78, 5) is 23.3. The van der Waals surface area contributed by atoms with Gasteiger partial charge in [-0.2, -0.15) is 0 Å². The molecule has 0 fully saturated rings. The summed E-state index contributed by atoms with van der Waals surface area (Å²) in [5.41, 5.74) is 0.521. The van der Waals surface area contributed by atoms with Crippen molar-refractivity contribution < 1.29 is 23.8 Å². The summed E-state index contributed by atoms with van der Waals surface area (Å²) in [6.45, 7) is 4.22. The number of allylic oxidation sites excluding steroid dienone is 1. The van der Waals surface area contributed by atoms with Gasteiger partial charge in [0, 0.05) is 0 Å². The molecule has 0 atom stereocenters. The van der Waals surface area contributed by atoms with Crippen LogP contribution >= 0.6 is 0 Å². The molecule has 0 aliphatic rings. The Morgan fingerprint density at radius 2 is 1.52 bits per heavy atom. The number of benzene rings is 1. The number of carbonyl (C=O) groups is 2. The maximum Gasteiger partial charge on any atom is 0.338 e. The number of ether oxygens (including phenoxy) is 3. The van der Waals surface area contributed by atoms with Crippen LogP contribution in [0.3, 0.4) is 0 Å². The SMILES string of the molecule is C=CCCCCCCOc1cc(C(=O)OC)cc(C(=O)OC)c1. The van der Waals surface area contributed by atoms with Crippen molar-refractivity contribution in [3.63, 3.8) is 0 Å². The molecule has 1 aromatic carbocycles. The van der Waals surface area contributed by atoms with Gasteiger partial charge in [-0.3, -0.25) is 0 Å². The van der Waals surface area contributed by atoms with Gasteiger partial charge in [0.2, 0.25) is 0 Å². The van der Waals surface area contributed by atoms with E-state index < -0.39 is 11.9 Å². The molecule has 5 nitrogen and oxygen atoms in total. The first-order valence-electron chi connectivity index (χ1n) is 7.67. The molecule has 0 bridgehead atoms. The summed E-state index contributed by atoms with van der Waals surface area (Å²) in [5, 5.41) is 0. The van der Waals surface area contributed by atoms with Crippen molar-refractivity contribution in [1.82, 2.24) is 0 Å². The first kappa shape index (κ1) is 18.7. The molecule has 0 aliphatic carbocycles. The highest BCUT2D eigenvalue weighted by Gasteiger charge is 2.14. The van der Waals surface area contributed by atoms with Gasteiger partial charge in [-0.15, -0.1) is 6.58 Å². The third-order valence-corrected chi connectivity index (χ3v) is 3.32. The molecule has 0 spiro atoms. The Balaban J connectivity index is 2.64. The minimum absolute atomic E-state index is 0.261. The zero-order chi connectivity index (χ0) is 17.1. The number of unbranched alkanes of at least 4 members (excludes halogenated alkanes) is 4. The lowest BCUT2D eigenvalue weighted by Gasteiger charge is -2.10. The molecule has 0 radical (unpaired) electrons. The van der Waals surface area contributed by atoms with Crippen molar-refractivity contribution in [2.75, 3.05) is 20.8 Å². The fourth-order valence-corrected chi connectivity index (χ4v) is 2.09. The lowest BCUT2D eigenvalue weighted by molar-refractivity contribution is 0.0598. The molecule has 126 valence electrons. The van der Waals surface area contributed by atoms with Crippen LogP contribution < -0.4 is 4.74 Å². The molecule has 0 amide bonds. The van der Waals surface area contributed by atoms with Crippen molar-refractivity contribution in [3.8, 4) is 5.75 Å². The zero-order valence-electron chi connectivity index (χ0n) is 13.8. The molecule has 0 heterocycles. The largest absolute Gasteiger partial charge is 0.494 e. The predicted molar refractivity (Wildman–Crippen MR) is 87.9 cm³/mol. The third kappa shape index (κ3) is 6.55. The molecule has 0 unspecified atom stereocenters. The monoisotopic (exact) mass is 320 g/mol. The Kier molecular flexibility index (Phi) is 8.50. The molecule has 0 aliphatic heterocycles. The Morgan fingerprint density at radius 3 is 2.04 bits per heavy atom. The second-order valence-corrected chi connectivity index (χ2v) is 5.07. The van der Waals surface area contributed by atoms with Crippen molar-refractivity contribution in [1.29, 1.82) is 0 Å². The van der Waals surface area contributed by atoms with Crippen molar-refractivity contribution in [3.05, 3.63) is 42.0 Å². The summed E-state index contributed by atoms with van der Waals surface area (Å²) < 4.78 is 15.0.